The number of hydrogen-bond donors (Lipinski definition) is 2. The van der Waals surface area contributed by atoms with Crippen molar-refractivity contribution in [2.24, 2.45) is 5.73 Å². The van der Waals surface area contributed by atoms with Gasteiger partial charge in [-0.3, -0.25) is 0 Å². The van der Waals surface area contributed by atoms with Gasteiger partial charge >= 0.3 is 0 Å². The predicted octanol–water partition coefficient (Wildman–Crippen LogP) is 2.53. The van der Waals surface area contributed by atoms with Crippen molar-refractivity contribution in [1.82, 2.24) is 0 Å². The minimum absolute atomic E-state index is 0.140. The minimum atomic E-state index is -2.71. The van der Waals surface area contributed by atoms with Crippen molar-refractivity contribution in [1.29, 1.82) is 0 Å². The van der Waals surface area contributed by atoms with Gasteiger partial charge < -0.3 is 15.2 Å². The molecular weight excluding hydrogens is 261 g/mol. The van der Waals surface area contributed by atoms with Crippen molar-refractivity contribution in [3.8, 4) is 5.75 Å². The second-order valence-corrected chi connectivity index (χ2v) is 9.81. The maximum atomic E-state index is 9.64. The van der Waals surface area contributed by atoms with Gasteiger partial charge in [-0.2, -0.15) is 0 Å². The van der Waals surface area contributed by atoms with E-state index in [1.165, 1.54) is 11.4 Å². The molecule has 0 spiro atoms. The number of hydrogen-bond acceptors (Lipinski definition) is 4. The summed E-state index contributed by atoms with van der Waals surface area (Å²) in [5, 5.41) is 0. The zero-order valence-electron chi connectivity index (χ0n) is 9.29. The largest absolute Gasteiger partial charge is 0.436 e. The molecule has 3 N–H and O–H groups in total. The lowest BCUT2D eigenvalue weighted by Crippen LogP contribution is -2.17. The Labute approximate surface area is 105 Å². The van der Waals surface area contributed by atoms with Gasteiger partial charge in [0.05, 0.1) is 0 Å². The average Bonchev–Trinajstić information content (AvgIpc) is 2.20. The van der Waals surface area contributed by atoms with Gasteiger partial charge in [-0.05, 0) is 49.1 Å². The highest BCUT2D eigenvalue weighted by atomic mass is 32.9. The molecule has 0 aliphatic carbocycles. The Kier molecular flexibility index (Phi) is 5.28. The summed E-state index contributed by atoms with van der Waals surface area (Å²) < 4.78 is 5.32. The molecule has 0 aromatic heterocycles. The summed E-state index contributed by atoms with van der Waals surface area (Å²) in [5.74, 6) is 0.605. The van der Waals surface area contributed by atoms with E-state index in [4.69, 9.17) is 22.1 Å². The summed E-state index contributed by atoms with van der Waals surface area (Å²) in [6.07, 6.45) is 2.57. The average molecular weight is 277 g/mol. The van der Waals surface area contributed by atoms with E-state index in [-0.39, 0.29) is 6.04 Å². The third kappa shape index (κ3) is 4.85. The SMILES string of the molecule is CSP(O)(=S)Oc1ccc(CC(C)N)cc1. The Hall–Kier alpha value is -0.0600. The lowest BCUT2D eigenvalue weighted by molar-refractivity contribution is 0.504. The molecule has 0 radical (unpaired) electrons. The predicted molar refractivity (Wildman–Crippen MR) is 74.4 cm³/mol. The van der Waals surface area contributed by atoms with Gasteiger partial charge in [0.15, 0.2) is 0 Å². The van der Waals surface area contributed by atoms with Crippen LogP contribution in [0.2, 0.25) is 0 Å². The first-order valence-corrected chi connectivity index (χ1v) is 9.36. The molecule has 0 fully saturated rings. The van der Waals surface area contributed by atoms with E-state index < -0.39 is 5.69 Å². The van der Waals surface area contributed by atoms with Crippen molar-refractivity contribution >= 4 is 28.9 Å². The van der Waals surface area contributed by atoms with E-state index in [1.807, 2.05) is 31.2 Å². The fourth-order valence-corrected chi connectivity index (χ4v) is 2.43. The van der Waals surface area contributed by atoms with Gasteiger partial charge in [-0.1, -0.05) is 23.5 Å². The van der Waals surface area contributed by atoms with Gasteiger partial charge in [0, 0.05) is 6.04 Å². The van der Waals surface area contributed by atoms with Gasteiger partial charge in [0.25, 0.3) is 5.69 Å². The molecule has 16 heavy (non-hydrogen) atoms. The molecule has 0 aliphatic rings. The highest BCUT2D eigenvalue weighted by molar-refractivity contribution is 8.67. The zero-order chi connectivity index (χ0) is 12.2. The van der Waals surface area contributed by atoms with E-state index in [0.717, 1.165) is 12.0 Å². The summed E-state index contributed by atoms with van der Waals surface area (Å²) >= 11 is 6.09. The molecule has 0 heterocycles. The van der Waals surface area contributed by atoms with Crippen LogP contribution in [0.15, 0.2) is 24.3 Å². The van der Waals surface area contributed by atoms with Crippen LogP contribution in [-0.4, -0.2) is 17.2 Å². The van der Waals surface area contributed by atoms with E-state index in [1.54, 1.807) is 6.26 Å². The van der Waals surface area contributed by atoms with Crippen LogP contribution in [0.4, 0.5) is 0 Å². The Balaban J connectivity index is 2.68. The van der Waals surface area contributed by atoms with Crippen molar-refractivity contribution in [3.05, 3.63) is 29.8 Å². The quantitative estimate of drug-likeness (QED) is 0.810. The van der Waals surface area contributed by atoms with Crippen molar-refractivity contribution in [2.75, 3.05) is 6.26 Å². The third-order valence-corrected chi connectivity index (χ3v) is 6.01. The summed E-state index contributed by atoms with van der Waals surface area (Å²) in [4.78, 5) is 9.64. The molecule has 3 nitrogen and oxygen atoms in total. The van der Waals surface area contributed by atoms with Crippen LogP contribution in [0.1, 0.15) is 12.5 Å². The van der Waals surface area contributed by atoms with Crippen molar-refractivity contribution in [3.63, 3.8) is 0 Å². The van der Waals surface area contributed by atoms with Gasteiger partial charge in [-0.25, -0.2) is 0 Å². The molecule has 2 atom stereocenters. The van der Waals surface area contributed by atoms with E-state index in [0.29, 0.717) is 5.75 Å². The Bertz CT molecular complexity index is 381. The standard InChI is InChI=1S/C10H16NO2PS2/c1-8(11)7-9-3-5-10(6-4-9)13-14(12,15)16-2/h3-6,8H,7,11H2,1-2H3,(H,12,15). The van der Waals surface area contributed by atoms with Crippen LogP contribution in [-0.2, 0) is 18.2 Å². The summed E-state index contributed by atoms with van der Waals surface area (Å²) in [5.41, 5.74) is 4.14. The van der Waals surface area contributed by atoms with E-state index in [2.05, 4.69) is 0 Å². The van der Waals surface area contributed by atoms with Gasteiger partial charge in [-0.15, -0.1) is 0 Å². The topological polar surface area (TPSA) is 55.5 Å². The minimum Gasteiger partial charge on any atom is -0.436 e. The molecule has 1 aromatic rings. The molecule has 1 aromatic carbocycles. The van der Waals surface area contributed by atoms with Crippen LogP contribution in [0.5, 0.6) is 5.75 Å². The number of benzene rings is 1. The number of nitrogens with two attached hydrogens (primary N) is 1. The third-order valence-electron chi connectivity index (χ3n) is 1.93. The lowest BCUT2D eigenvalue weighted by Gasteiger charge is -2.14. The molecule has 0 saturated carbocycles. The van der Waals surface area contributed by atoms with E-state index in [9.17, 15) is 4.89 Å². The van der Waals surface area contributed by atoms with Crippen LogP contribution in [0.3, 0.4) is 0 Å². The summed E-state index contributed by atoms with van der Waals surface area (Å²) in [6.45, 7) is 1.96. The molecule has 1 rings (SSSR count). The van der Waals surface area contributed by atoms with Crippen molar-refractivity contribution < 1.29 is 9.42 Å². The second kappa shape index (κ2) is 6.03. The van der Waals surface area contributed by atoms with Gasteiger partial charge in [0.2, 0.25) is 0 Å². The molecule has 0 saturated heterocycles. The van der Waals surface area contributed by atoms with Crippen LogP contribution >= 0.6 is 17.1 Å². The Morgan fingerprint density at radius 1 is 1.50 bits per heavy atom. The molecule has 0 bridgehead atoms. The first kappa shape index (κ1) is 14.0. The lowest BCUT2D eigenvalue weighted by atomic mass is 10.1. The fourth-order valence-electron chi connectivity index (χ4n) is 1.23. The zero-order valence-corrected chi connectivity index (χ0v) is 11.8. The molecule has 2 unspecified atom stereocenters. The fraction of sp³-hybridized carbons (Fsp3) is 0.400. The first-order chi connectivity index (χ1) is 7.43. The normalized spacial score (nSPS) is 16.5. The van der Waals surface area contributed by atoms with Gasteiger partial charge in [0.1, 0.15) is 5.75 Å². The highest BCUT2D eigenvalue weighted by Gasteiger charge is 2.12. The maximum absolute atomic E-state index is 9.64. The smallest absolute Gasteiger partial charge is 0.294 e. The monoisotopic (exact) mass is 277 g/mol. The molecule has 0 amide bonds. The second-order valence-electron chi connectivity index (χ2n) is 3.57. The Morgan fingerprint density at radius 2 is 2.06 bits per heavy atom. The molecule has 6 heteroatoms. The van der Waals surface area contributed by atoms with Crippen LogP contribution < -0.4 is 10.3 Å². The first-order valence-electron chi connectivity index (χ1n) is 4.85. The Morgan fingerprint density at radius 3 is 2.50 bits per heavy atom. The molecule has 90 valence electrons. The molecular formula is C10H16NO2PS2. The summed E-state index contributed by atoms with van der Waals surface area (Å²) in [6, 6.07) is 7.64. The van der Waals surface area contributed by atoms with Crippen LogP contribution in [0, 0.1) is 0 Å². The van der Waals surface area contributed by atoms with Crippen molar-refractivity contribution in [2.45, 2.75) is 19.4 Å². The molecule has 0 aliphatic heterocycles. The highest BCUT2D eigenvalue weighted by Crippen LogP contribution is 2.53. The van der Waals surface area contributed by atoms with Crippen LogP contribution in [0.25, 0.3) is 0 Å². The summed E-state index contributed by atoms with van der Waals surface area (Å²) in [7, 11) is 0. The van der Waals surface area contributed by atoms with E-state index >= 15 is 0 Å². The maximum Gasteiger partial charge on any atom is 0.294 e. The number of rotatable bonds is 5.